The van der Waals surface area contributed by atoms with Crippen molar-refractivity contribution in [2.75, 3.05) is 30.4 Å². The Morgan fingerprint density at radius 2 is 1.89 bits per heavy atom. The maximum absolute atomic E-state index is 13.0. The fourth-order valence-corrected chi connectivity index (χ4v) is 3.23. The average molecular weight is 373 g/mol. The van der Waals surface area contributed by atoms with E-state index in [-0.39, 0.29) is 23.1 Å². The number of rotatable bonds is 5. The van der Waals surface area contributed by atoms with E-state index in [9.17, 15) is 19.3 Å². The molecule has 2 aromatic rings. The Balaban J connectivity index is 1.70. The Bertz CT molecular complexity index is 833. The normalized spacial score (nSPS) is 14.7. The summed E-state index contributed by atoms with van der Waals surface area (Å²) in [7, 11) is 1.25. The summed E-state index contributed by atoms with van der Waals surface area (Å²) in [4.78, 5) is 24.6. The highest BCUT2D eigenvalue weighted by molar-refractivity contribution is 5.96. The minimum absolute atomic E-state index is 0.146. The van der Waals surface area contributed by atoms with Gasteiger partial charge in [0.2, 0.25) is 0 Å². The number of ether oxygens (including phenoxy) is 1. The smallest absolute Gasteiger partial charge is 0.340 e. The molecule has 0 aromatic heterocycles. The first-order chi connectivity index (χ1) is 13.0. The third kappa shape index (κ3) is 4.33. The molecule has 2 aromatic carbocycles. The molecule has 1 saturated heterocycles. The number of carbonyl (C=O) groups is 1. The monoisotopic (exact) mass is 373 g/mol. The van der Waals surface area contributed by atoms with Crippen LogP contribution >= 0.6 is 0 Å². The average Bonchev–Trinajstić information content (AvgIpc) is 2.69. The van der Waals surface area contributed by atoms with Gasteiger partial charge in [-0.2, -0.15) is 0 Å². The third-order valence-corrected chi connectivity index (χ3v) is 4.65. The summed E-state index contributed by atoms with van der Waals surface area (Å²) >= 11 is 0. The maximum Gasteiger partial charge on any atom is 0.340 e. The van der Waals surface area contributed by atoms with E-state index >= 15 is 0 Å². The largest absolute Gasteiger partial charge is 0.465 e. The number of piperidine rings is 1. The standard InChI is InChI=1S/C19H20FN3O4/c1-27-19(24)17-12-16(23(25)26)6-7-18(17)22-10-8-15(9-11-22)21-14-4-2-13(20)3-5-14/h2-7,12,15,21H,8-11H2,1H3. The zero-order chi connectivity index (χ0) is 19.4. The van der Waals surface area contributed by atoms with Crippen molar-refractivity contribution in [2.45, 2.75) is 18.9 Å². The molecule has 3 rings (SSSR count). The number of nitrogens with zero attached hydrogens (tertiary/aromatic N) is 2. The lowest BCUT2D eigenvalue weighted by Crippen LogP contribution is -2.39. The van der Waals surface area contributed by atoms with Crippen LogP contribution in [0.1, 0.15) is 23.2 Å². The van der Waals surface area contributed by atoms with Crippen LogP contribution in [0.4, 0.5) is 21.5 Å². The lowest BCUT2D eigenvalue weighted by molar-refractivity contribution is -0.384. The van der Waals surface area contributed by atoms with Crippen LogP contribution in [0, 0.1) is 15.9 Å². The van der Waals surface area contributed by atoms with Crippen molar-refractivity contribution in [2.24, 2.45) is 0 Å². The molecule has 0 amide bonds. The van der Waals surface area contributed by atoms with Crippen LogP contribution in [0.25, 0.3) is 0 Å². The molecule has 0 saturated carbocycles. The number of nitro benzene ring substituents is 1. The summed E-state index contributed by atoms with van der Waals surface area (Å²) in [6, 6.07) is 10.7. The number of benzene rings is 2. The highest BCUT2D eigenvalue weighted by Gasteiger charge is 2.25. The van der Waals surface area contributed by atoms with Crippen LogP contribution in [0.3, 0.4) is 0 Å². The van der Waals surface area contributed by atoms with Gasteiger partial charge in [-0.3, -0.25) is 10.1 Å². The van der Waals surface area contributed by atoms with Gasteiger partial charge in [0.05, 0.1) is 23.3 Å². The summed E-state index contributed by atoms with van der Waals surface area (Å²) in [6.07, 6.45) is 1.63. The van der Waals surface area contributed by atoms with Crippen molar-refractivity contribution in [3.63, 3.8) is 0 Å². The molecule has 1 N–H and O–H groups in total. The summed E-state index contributed by atoms with van der Waals surface area (Å²) in [6.45, 7) is 1.36. The first kappa shape index (κ1) is 18.6. The number of hydrogen-bond donors (Lipinski definition) is 1. The van der Waals surface area contributed by atoms with Crippen LogP contribution in [-0.2, 0) is 4.74 Å². The van der Waals surface area contributed by atoms with E-state index in [4.69, 9.17) is 4.74 Å². The van der Waals surface area contributed by atoms with Gasteiger partial charge in [0, 0.05) is 37.0 Å². The Morgan fingerprint density at radius 1 is 1.22 bits per heavy atom. The number of methoxy groups -OCH3 is 1. The molecular formula is C19H20FN3O4. The van der Waals surface area contributed by atoms with Gasteiger partial charge < -0.3 is 15.0 Å². The van der Waals surface area contributed by atoms with Crippen molar-refractivity contribution in [3.05, 3.63) is 64.0 Å². The second-order valence-corrected chi connectivity index (χ2v) is 6.36. The van der Waals surface area contributed by atoms with E-state index in [0.717, 1.165) is 18.5 Å². The molecule has 0 aliphatic carbocycles. The number of anilines is 2. The SMILES string of the molecule is COC(=O)c1cc([N+](=O)[O-])ccc1N1CCC(Nc2ccc(F)cc2)CC1. The van der Waals surface area contributed by atoms with Gasteiger partial charge in [0.15, 0.2) is 0 Å². The molecule has 7 nitrogen and oxygen atoms in total. The second kappa shape index (κ2) is 8.03. The van der Waals surface area contributed by atoms with Crippen molar-refractivity contribution in [1.29, 1.82) is 0 Å². The van der Waals surface area contributed by atoms with E-state index in [0.29, 0.717) is 18.8 Å². The number of nitrogens with one attached hydrogen (secondary N) is 1. The van der Waals surface area contributed by atoms with E-state index in [1.807, 2.05) is 4.90 Å². The van der Waals surface area contributed by atoms with E-state index in [1.54, 1.807) is 18.2 Å². The maximum atomic E-state index is 13.0. The second-order valence-electron chi connectivity index (χ2n) is 6.36. The summed E-state index contributed by atoms with van der Waals surface area (Å²) in [5.74, 6) is -0.871. The quantitative estimate of drug-likeness (QED) is 0.490. The van der Waals surface area contributed by atoms with Crippen molar-refractivity contribution < 1.29 is 18.8 Å². The molecule has 142 valence electrons. The van der Waals surface area contributed by atoms with E-state index in [2.05, 4.69) is 5.32 Å². The van der Waals surface area contributed by atoms with E-state index < -0.39 is 10.9 Å². The molecule has 1 fully saturated rings. The predicted octanol–water partition coefficient (Wildman–Crippen LogP) is 3.60. The Kier molecular flexibility index (Phi) is 5.54. The first-order valence-electron chi connectivity index (χ1n) is 8.61. The van der Waals surface area contributed by atoms with Gasteiger partial charge in [-0.25, -0.2) is 9.18 Å². The molecule has 1 aliphatic heterocycles. The number of non-ortho nitro benzene ring substituents is 1. The van der Waals surface area contributed by atoms with Crippen molar-refractivity contribution in [1.82, 2.24) is 0 Å². The zero-order valence-corrected chi connectivity index (χ0v) is 14.9. The molecular weight excluding hydrogens is 353 g/mol. The highest BCUT2D eigenvalue weighted by atomic mass is 19.1. The fourth-order valence-electron chi connectivity index (χ4n) is 3.23. The van der Waals surface area contributed by atoms with Crippen LogP contribution in [0.2, 0.25) is 0 Å². The van der Waals surface area contributed by atoms with E-state index in [1.165, 1.54) is 31.4 Å². The van der Waals surface area contributed by atoms with Gasteiger partial charge in [0.1, 0.15) is 5.82 Å². The zero-order valence-electron chi connectivity index (χ0n) is 14.9. The molecule has 0 unspecified atom stereocenters. The lowest BCUT2D eigenvalue weighted by Gasteiger charge is -2.35. The van der Waals surface area contributed by atoms with Crippen LogP contribution in [-0.4, -0.2) is 37.1 Å². The summed E-state index contributed by atoms with van der Waals surface area (Å²) in [5.41, 5.74) is 1.54. The molecule has 0 radical (unpaired) electrons. The number of esters is 1. The highest BCUT2D eigenvalue weighted by Crippen LogP contribution is 2.29. The Morgan fingerprint density at radius 3 is 2.48 bits per heavy atom. The minimum atomic E-state index is -0.597. The Labute approximate surface area is 155 Å². The third-order valence-electron chi connectivity index (χ3n) is 4.65. The number of hydrogen-bond acceptors (Lipinski definition) is 6. The van der Waals surface area contributed by atoms with Gasteiger partial charge in [-0.15, -0.1) is 0 Å². The van der Waals surface area contributed by atoms with Gasteiger partial charge in [-0.1, -0.05) is 0 Å². The lowest BCUT2D eigenvalue weighted by atomic mass is 10.0. The molecule has 1 heterocycles. The molecule has 1 aliphatic rings. The first-order valence-corrected chi connectivity index (χ1v) is 8.61. The van der Waals surface area contributed by atoms with Crippen molar-refractivity contribution >= 4 is 23.0 Å². The van der Waals surface area contributed by atoms with Crippen LogP contribution in [0.15, 0.2) is 42.5 Å². The van der Waals surface area contributed by atoms with Crippen LogP contribution in [0.5, 0.6) is 0 Å². The summed E-state index contributed by atoms with van der Waals surface area (Å²) < 4.78 is 17.8. The number of nitro groups is 1. The molecule has 27 heavy (non-hydrogen) atoms. The molecule has 8 heteroatoms. The molecule has 0 spiro atoms. The molecule has 0 atom stereocenters. The van der Waals surface area contributed by atoms with Gasteiger partial charge >= 0.3 is 5.97 Å². The topological polar surface area (TPSA) is 84.7 Å². The number of halogens is 1. The van der Waals surface area contributed by atoms with Gasteiger partial charge in [-0.05, 0) is 43.2 Å². The van der Waals surface area contributed by atoms with Crippen molar-refractivity contribution in [3.8, 4) is 0 Å². The van der Waals surface area contributed by atoms with Crippen LogP contribution < -0.4 is 10.2 Å². The number of carbonyl (C=O) groups excluding carboxylic acids is 1. The Hall–Kier alpha value is -3.16. The fraction of sp³-hybridized carbons (Fsp3) is 0.316. The molecule has 0 bridgehead atoms. The minimum Gasteiger partial charge on any atom is -0.465 e. The predicted molar refractivity (Wildman–Crippen MR) is 99.7 cm³/mol. The summed E-state index contributed by atoms with van der Waals surface area (Å²) in [5, 5.41) is 14.4. The van der Waals surface area contributed by atoms with Gasteiger partial charge in [0.25, 0.3) is 5.69 Å².